The van der Waals surface area contributed by atoms with Crippen LogP contribution in [0.25, 0.3) is 11.1 Å². The third kappa shape index (κ3) is 5.88. The van der Waals surface area contributed by atoms with E-state index in [4.69, 9.17) is 17.3 Å². The molecule has 0 aliphatic carbocycles. The Morgan fingerprint density at radius 1 is 1.15 bits per heavy atom. The van der Waals surface area contributed by atoms with Crippen molar-refractivity contribution in [1.82, 2.24) is 10.3 Å². The molecular formula is C25H27ClN4O3. The van der Waals surface area contributed by atoms with Crippen molar-refractivity contribution in [3.05, 3.63) is 76.4 Å². The number of carbonyl (C=O) groups is 2. The zero-order valence-corrected chi connectivity index (χ0v) is 19.5. The van der Waals surface area contributed by atoms with Gasteiger partial charge in [-0.15, -0.1) is 0 Å². The van der Waals surface area contributed by atoms with Gasteiger partial charge in [0.1, 0.15) is 5.82 Å². The average Bonchev–Trinajstić information content (AvgIpc) is 2.78. The highest BCUT2D eigenvalue weighted by molar-refractivity contribution is 6.30. The van der Waals surface area contributed by atoms with Gasteiger partial charge in [0.2, 0.25) is 0 Å². The van der Waals surface area contributed by atoms with Crippen molar-refractivity contribution in [2.24, 2.45) is 0 Å². The van der Waals surface area contributed by atoms with Crippen molar-refractivity contribution in [2.45, 2.75) is 39.3 Å². The van der Waals surface area contributed by atoms with Gasteiger partial charge in [-0.25, -0.2) is 4.98 Å². The molecule has 0 bridgehead atoms. The molecule has 2 amide bonds. The molecule has 8 heteroatoms. The molecule has 1 heterocycles. The number of amides is 2. The highest BCUT2D eigenvalue weighted by atomic mass is 35.5. The Morgan fingerprint density at radius 3 is 2.58 bits per heavy atom. The van der Waals surface area contributed by atoms with E-state index in [2.05, 4.69) is 15.6 Å². The van der Waals surface area contributed by atoms with Crippen LogP contribution < -0.4 is 16.4 Å². The molecule has 0 fully saturated rings. The summed E-state index contributed by atoms with van der Waals surface area (Å²) in [6, 6.07) is 13.6. The number of carbonyl (C=O) groups excluding carboxylic acids is 2. The number of aryl methyl sites for hydroxylation is 1. The minimum atomic E-state index is -1.35. The van der Waals surface area contributed by atoms with E-state index in [1.54, 1.807) is 42.6 Å². The number of aliphatic hydroxyl groups excluding tert-OH is 1. The number of rotatable bonds is 7. The van der Waals surface area contributed by atoms with Crippen LogP contribution in [0.15, 0.2) is 54.7 Å². The van der Waals surface area contributed by atoms with Gasteiger partial charge in [-0.05, 0) is 67.3 Å². The summed E-state index contributed by atoms with van der Waals surface area (Å²) < 4.78 is 0. The van der Waals surface area contributed by atoms with Crippen LogP contribution in [-0.2, 0) is 11.2 Å². The summed E-state index contributed by atoms with van der Waals surface area (Å²) in [5, 5.41) is 16.4. The Hall–Kier alpha value is -3.42. The van der Waals surface area contributed by atoms with E-state index in [9.17, 15) is 14.7 Å². The second kappa shape index (κ2) is 10.5. The predicted octanol–water partition coefficient (Wildman–Crippen LogP) is 4.36. The van der Waals surface area contributed by atoms with Gasteiger partial charge >= 0.3 is 0 Å². The van der Waals surface area contributed by atoms with Crippen LogP contribution in [0.3, 0.4) is 0 Å². The molecule has 33 heavy (non-hydrogen) atoms. The Kier molecular flexibility index (Phi) is 7.68. The molecule has 0 aliphatic rings. The smallest absolute Gasteiger partial charge is 0.257 e. The zero-order chi connectivity index (χ0) is 24.1. The lowest BCUT2D eigenvalue weighted by molar-refractivity contribution is -0.124. The van der Waals surface area contributed by atoms with Crippen molar-refractivity contribution in [1.29, 1.82) is 0 Å². The lowest BCUT2D eigenvalue weighted by Crippen LogP contribution is -2.30. The maximum atomic E-state index is 12.6. The van der Waals surface area contributed by atoms with Crippen LogP contribution >= 0.6 is 11.6 Å². The number of anilines is 2. The number of nitrogens with zero attached hydrogens (tertiary/aromatic N) is 1. The fourth-order valence-electron chi connectivity index (χ4n) is 3.43. The minimum absolute atomic E-state index is 0.0306. The first-order valence-corrected chi connectivity index (χ1v) is 11.0. The average molecular weight is 467 g/mol. The van der Waals surface area contributed by atoms with Gasteiger partial charge in [-0.3, -0.25) is 9.59 Å². The van der Waals surface area contributed by atoms with Crippen LogP contribution in [0.4, 0.5) is 11.5 Å². The van der Waals surface area contributed by atoms with E-state index >= 15 is 0 Å². The van der Waals surface area contributed by atoms with Gasteiger partial charge in [0.15, 0.2) is 6.10 Å². The molecule has 5 N–H and O–H groups in total. The van der Waals surface area contributed by atoms with Crippen LogP contribution in [-0.4, -0.2) is 27.9 Å². The largest absolute Gasteiger partial charge is 0.383 e. The van der Waals surface area contributed by atoms with E-state index in [0.29, 0.717) is 28.3 Å². The SMILES string of the molecule is CCc1cc(NC(=O)[C@@H](O)c2cccc(Cl)c2)ccc1-c1cnc(N)c(C(=O)NC(C)C)c1. The number of hydrogen-bond acceptors (Lipinski definition) is 5. The first kappa shape index (κ1) is 24.2. The highest BCUT2D eigenvalue weighted by Crippen LogP contribution is 2.29. The second-order valence-electron chi connectivity index (χ2n) is 7.96. The van der Waals surface area contributed by atoms with E-state index in [0.717, 1.165) is 16.7 Å². The van der Waals surface area contributed by atoms with Gasteiger partial charge in [-0.1, -0.05) is 36.7 Å². The number of aliphatic hydroxyl groups is 1. The number of pyridine rings is 1. The van der Waals surface area contributed by atoms with Gasteiger partial charge in [0.05, 0.1) is 5.56 Å². The first-order chi connectivity index (χ1) is 15.7. The van der Waals surface area contributed by atoms with Crippen molar-refractivity contribution >= 4 is 34.9 Å². The minimum Gasteiger partial charge on any atom is -0.383 e. The zero-order valence-electron chi connectivity index (χ0n) is 18.7. The standard InChI is InChI=1S/C25H27ClN4O3/c1-4-15-11-19(30-25(33)22(31)16-6-5-7-18(26)10-16)8-9-20(15)17-12-21(23(27)28-13-17)24(32)29-14(2)3/h5-14,22,31H,4H2,1-3H3,(H2,27,28)(H,29,32)(H,30,33)/t22-/m0/s1. The van der Waals surface area contributed by atoms with Crippen molar-refractivity contribution in [3.63, 3.8) is 0 Å². The number of aromatic nitrogens is 1. The molecule has 172 valence electrons. The lowest BCUT2D eigenvalue weighted by Gasteiger charge is -2.15. The van der Waals surface area contributed by atoms with Crippen LogP contribution in [0.5, 0.6) is 0 Å². The van der Waals surface area contributed by atoms with Gasteiger partial charge < -0.3 is 21.5 Å². The normalized spacial score (nSPS) is 11.8. The van der Waals surface area contributed by atoms with Crippen LogP contribution in [0, 0.1) is 0 Å². The fraction of sp³-hybridized carbons (Fsp3) is 0.240. The van der Waals surface area contributed by atoms with E-state index in [-0.39, 0.29) is 17.8 Å². The summed E-state index contributed by atoms with van der Waals surface area (Å²) in [6.07, 6.45) is 0.946. The molecule has 7 nitrogen and oxygen atoms in total. The number of halogens is 1. The van der Waals surface area contributed by atoms with Gasteiger partial charge in [-0.2, -0.15) is 0 Å². The second-order valence-corrected chi connectivity index (χ2v) is 8.39. The summed E-state index contributed by atoms with van der Waals surface area (Å²) in [5.41, 5.74) is 9.74. The summed E-state index contributed by atoms with van der Waals surface area (Å²) in [6.45, 7) is 5.73. The van der Waals surface area contributed by atoms with E-state index < -0.39 is 12.0 Å². The van der Waals surface area contributed by atoms with Crippen LogP contribution in [0.2, 0.25) is 5.02 Å². The van der Waals surface area contributed by atoms with Crippen LogP contribution in [0.1, 0.15) is 48.4 Å². The molecular weight excluding hydrogens is 440 g/mol. The van der Waals surface area contributed by atoms with Gasteiger partial charge in [0.25, 0.3) is 11.8 Å². The molecule has 2 aromatic carbocycles. The summed E-state index contributed by atoms with van der Waals surface area (Å²) in [7, 11) is 0. The Balaban J connectivity index is 1.86. The fourth-order valence-corrected chi connectivity index (χ4v) is 3.63. The summed E-state index contributed by atoms with van der Waals surface area (Å²) in [4.78, 5) is 29.2. The highest BCUT2D eigenvalue weighted by Gasteiger charge is 2.19. The topological polar surface area (TPSA) is 117 Å². The number of nitrogens with two attached hydrogens (primary N) is 1. The van der Waals surface area contributed by atoms with Gasteiger partial charge in [0, 0.05) is 28.5 Å². The molecule has 0 radical (unpaired) electrons. The maximum Gasteiger partial charge on any atom is 0.257 e. The molecule has 0 spiro atoms. The maximum absolute atomic E-state index is 12.6. The Labute approximate surface area is 198 Å². The summed E-state index contributed by atoms with van der Waals surface area (Å²) in [5.74, 6) is -0.684. The van der Waals surface area contributed by atoms with E-state index in [1.165, 1.54) is 0 Å². The number of nitrogen functional groups attached to an aromatic ring is 1. The quantitative estimate of drug-likeness (QED) is 0.412. The number of benzene rings is 2. The lowest BCUT2D eigenvalue weighted by atomic mass is 9.97. The molecule has 0 saturated carbocycles. The van der Waals surface area contributed by atoms with E-state index in [1.807, 2.05) is 32.9 Å². The number of hydrogen-bond donors (Lipinski definition) is 4. The molecule has 3 aromatic rings. The molecule has 3 rings (SSSR count). The molecule has 1 atom stereocenters. The third-order valence-corrected chi connectivity index (χ3v) is 5.30. The third-order valence-electron chi connectivity index (χ3n) is 5.06. The molecule has 0 aliphatic heterocycles. The number of nitrogens with one attached hydrogen (secondary N) is 2. The monoisotopic (exact) mass is 466 g/mol. The summed E-state index contributed by atoms with van der Waals surface area (Å²) >= 11 is 5.95. The molecule has 0 unspecified atom stereocenters. The van der Waals surface area contributed by atoms with Crippen molar-refractivity contribution in [3.8, 4) is 11.1 Å². The Morgan fingerprint density at radius 2 is 1.91 bits per heavy atom. The predicted molar refractivity (Wildman–Crippen MR) is 131 cm³/mol. The molecule has 1 aromatic heterocycles. The first-order valence-electron chi connectivity index (χ1n) is 10.6. The molecule has 0 saturated heterocycles. The Bertz CT molecular complexity index is 1180. The van der Waals surface area contributed by atoms with Crippen molar-refractivity contribution < 1.29 is 14.7 Å². The van der Waals surface area contributed by atoms with Crippen molar-refractivity contribution in [2.75, 3.05) is 11.1 Å².